The predicted octanol–water partition coefficient (Wildman–Crippen LogP) is 3.78. The summed E-state index contributed by atoms with van der Waals surface area (Å²) < 4.78 is 26.6. The molecule has 0 amide bonds. The van der Waals surface area contributed by atoms with Crippen LogP contribution in [-0.4, -0.2) is 32.9 Å². The third-order valence-corrected chi connectivity index (χ3v) is 4.06. The third-order valence-electron chi connectivity index (χ3n) is 4.06. The van der Waals surface area contributed by atoms with E-state index in [1.165, 1.54) is 14.2 Å². The summed E-state index contributed by atoms with van der Waals surface area (Å²) in [7, 11) is 4.60. The molecule has 0 aliphatic heterocycles. The van der Waals surface area contributed by atoms with Crippen LogP contribution in [0.5, 0.6) is 23.0 Å². The van der Waals surface area contributed by atoms with Crippen LogP contribution in [0.4, 0.5) is 0 Å². The molecule has 3 aromatic rings. The topological polar surface area (TPSA) is 80.0 Å². The molecule has 0 spiro atoms. The van der Waals surface area contributed by atoms with Gasteiger partial charge in [0.25, 0.3) is 0 Å². The van der Waals surface area contributed by atoms with Crippen LogP contribution in [0.1, 0.15) is 18.4 Å². The van der Waals surface area contributed by atoms with Crippen LogP contribution in [-0.2, 0) is 0 Å². The van der Waals surface area contributed by atoms with E-state index in [1.807, 2.05) is 25.1 Å². The van der Waals surface area contributed by atoms with Crippen LogP contribution < -0.4 is 24.6 Å². The van der Waals surface area contributed by atoms with Crippen LogP contribution in [0.25, 0.3) is 23.1 Å². The molecule has 0 radical (unpaired) electrons. The maximum Gasteiger partial charge on any atom is 0.347 e. The van der Waals surface area contributed by atoms with Crippen molar-refractivity contribution in [3.8, 4) is 23.0 Å². The summed E-state index contributed by atoms with van der Waals surface area (Å²) in [5.41, 5.74) is 0.796. The molecule has 7 nitrogen and oxygen atoms in total. The molecule has 7 heteroatoms. The average Bonchev–Trinajstić information content (AvgIpc) is 2.72. The van der Waals surface area contributed by atoms with Crippen LogP contribution in [0.3, 0.4) is 0 Å². The molecule has 0 unspecified atom stereocenters. The van der Waals surface area contributed by atoms with Crippen molar-refractivity contribution in [2.24, 2.45) is 0 Å². The lowest BCUT2D eigenvalue weighted by Crippen LogP contribution is -2.04. The van der Waals surface area contributed by atoms with Crippen molar-refractivity contribution in [3.05, 3.63) is 52.2 Å². The molecule has 0 bridgehead atoms. The van der Waals surface area contributed by atoms with Crippen LogP contribution >= 0.6 is 0 Å². The monoisotopic (exact) mass is 383 g/mol. The van der Waals surface area contributed by atoms with Crippen LogP contribution in [0, 0.1) is 0 Å². The van der Waals surface area contributed by atoms with E-state index >= 15 is 0 Å². The lowest BCUT2D eigenvalue weighted by atomic mass is 10.2. The molecule has 1 aromatic heterocycles. The molecule has 0 aliphatic carbocycles. The number of rotatable bonds is 7. The van der Waals surface area contributed by atoms with Crippen molar-refractivity contribution in [1.82, 2.24) is 4.98 Å². The first-order valence-corrected chi connectivity index (χ1v) is 8.65. The molecule has 3 rings (SSSR count). The summed E-state index contributed by atoms with van der Waals surface area (Å²) in [5.74, 6) is 2.39. The van der Waals surface area contributed by atoms with E-state index in [1.54, 1.807) is 31.4 Å². The zero-order chi connectivity index (χ0) is 20.1. The van der Waals surface area contributed by atoms with Crippen molar-refractivity contribution in [3.63, 3.8) is 0 Å². The van der Waals surface area contributed by atoms with Gasteiger partial charge in [0.15, 0.2) is 23.0 Å². The second-order valence-corrected chi connectivity index (χ2v) is 5.74. The van der Waals surface area contributed by atoms with Crippen molar-refractivity contribution >= 4 is 23.1 Å². The van der Waals surface area contributed by atoms with Crippen molar-refractivity contribution in [2.45, 2.75) is 6.92 Å². The van der Waals surface area contributed by atoms with Gasteiger partial charge in [-0.05, 0) is 30.7 Å². The van der Waals surface area contributed by atoms with Crippen molar-refractivity contribution in [2.75, 3.05) is 27.9 Å². The molecular formula is C21H21NO6. The second kappa shape index (κ2) is 8.47. The first kappa shape index (κ1) is 19.3. The Bertz CT molecular complexity index is 1070. The summed E-state index contributed by atoms with van der Waals surface area (Å²) in [4.78, 5) is 16.7. The predicted molar refractivity (Wildman–Crippen MR) is 106 cm³/mol. The van der Waals surface area contributed by atoms with Crippen molar-refractivity contribution < 1.29 is 23.4 Å². The van der Waals surface area contributed by atoms with Gasteiger partial charge in [-0.15, -0.1) is 0 Å². The number of aromatic nitrogens is 1. The Labute approximate surface area is 162 Å². The Balaban J connectivity index is 1.97. The number of fused-ring (bicyclic) bond motifs is 1. The van der Waals surface area contributed by atoms with Gasteiger partial charge in [-0.1, -0.05) is 6.07 Å². The number of methoxy groups -OCH3 is 3. The van der Waals surface area contributed by atoms with E-state index < -0.39 is 5.63 Å². The molecule has 146 valence electrons. The summed E-state index contributed by atoms with van der Waals surface area (Å²) in [6, 6.07) is 8.72. The van der Waals surface area contributed by atoms with E-state index in [0.717, 1.165) is 5.56 Å². The third kappa shape index (κ3) is 3.93. The van der Waals surface area contributed by atoms with E-state index in [-0.39, 0.29) is 5.89 Å². The first-order valence-electron chi connectivity index (χ1n) is 8.65. The Hall–Kier alpha value is -3.48. The smallest absolute Gasteiger partial charge is 0.347 e. The van der Waals surface area contributed by atoms with Gasteiger partial charge >= 0.3 is 5.63 Å². The Morgan fingerprint density at radius 1 is 0.929 bits per heavy atom. The van der Waals surface area contributed by atoms with Gasteiger partial charge in [0.05, 0.1) is 38.8 Å². The quantitative estimate of drug-likeness (QED) is 0.614. The Morgan fingerprint density at radius 2 is 1.61 bits per heavy atom. The highest BCUT2D eigenvalue weighted by Crippen LogP contribution is 2.31. The second-order valence-electron chi connectivity index (χ2n) is 5.74. The minimum atomic E-state index is -0.505. The largest absolute Gasteiger partial charge is 0.493 e. The summed E-state index contributed by atoms with van der Waals surface area (Å²) in [6.07, 6.45) is 3.39. The Morgan fingerprint density at radius 3 is 2.29 bits per heavy atom. The molecule has 0 fully saturated rings. The maximum atomic E-state index is 12.3. The minimum Gasteiger partial charge on any atom is -0.493 e. The molecule has 28 heavy (non-hydrogen) atoms. The summed E-state index contributed by atoms with van der Waals surface area (Å²) >= 11 is 0. The molecule has 0 atom stereocenters. The highest BCUT2D eigenvalue weighted by molar-refractivity contribution is 5.82. The lowest BCUT2D eigenvalue weighted by molar-refractivity contribution is 0.311. The fourth-order valence-corrected chi connectivity index (χ4v) is 2.72. The minimum absolute atomic E-state index is 0.178. The number of ether oxygens (including phenoxy) is 4. The standard InChI is InChI=1S/C21H21NO6/c1-5-27-16-8-6-13(10-17(16)24-2)7-9-20-22-15-12-19(26-4)18(25-3)11-14(15)21(23)28-20/h6-12H,5H2,1-4H3/b9-7+. The van der Waals surface area contributed by atoms with Gasteiger partial charge in [0.1, 0.15) is 0 Å². The Kier molecular flexibility index (Phi) is 5.84. The average molecular weight is 383 g/mol. The molecule has 1 heterocycles. The van der Waals surface area contributed by atoms with Crippen molar-refractivity contribution in [1.29, 1.82) is 0 Å². The lowest BCUT2D eigenvalue weighted by Gasteiger charge is -2.09. The number of hydrogen-bond donors (Lipinski definition) is 0. The molecule has 0 aliphatic rings. The van der Waals surface area contributed by atoms with Gasteiger partial charge in [0, 0.05) is 18.2 Å². The van der Waals surface area contributed by atoms with Crippen LogP contribution in [0.15, 0.2) is 39.5 Å². The van der Waals surface area contributed by atoms with Gasteiger partial charge in [-0.25, -0.2) is 9.78 Å². The fourth-order valence-electron chi connectivity index (χ4n) is 2.72. The maximum absolute atomic E-state index is 12.3. The molecular weight excluding hydrogens is 362 g/mol. The van der Waals surface area contributed by atoms with E-state index in [9.17, 15) is 4.79 Å². The fraction of sp³-hybridized carbons (Fsp3) is 0.238. The summed E-state index contributed by atoms with van der Waals surface area (Å²) in [6.45, 7) is 2.46. The molecule has 0 N–H and O–H groups in total. The van der Waals surface area contributed by atoms with Crippen LogP contribution in [0.2, 0.25) is 0 Å². The zero-order valence-electron chi connectivity index (χ0n) is 16.1. The molecule has 0 saturated heterocycles. The van der Waals surface area contributed by atoms with Gasteiger partial charge < -0.3 is 23.4 Å². The molecule has 2 aromatic carbocycles. The van der Waals surface area contributed by atoms with Gasteiger partial charge in [0.2, 0.25) is 5.89 Å². The van der Waals surface area contributed by atoms with Gasteiger partial charge in [-0.3, -0.25) is 0 Å². The van der Waals surface area contributed by atoms with E-state index in [0.29, 0.717) is 40.5 Å². The van der Waals surface area contributed by atoms with Gasteiger partial charge in [-0.2, -0.15) is 0 Å². The summed E-state index contributed by atoms with van der Waals surface area (Å²) in [5, 5.41) is 0.317. The number of hydrogen-bond acceptors (Lipinski definition) is 7. The normalized spacial score (nSPS) is 11.0. The highest BCUT2D eigenvalue weighted by Gasteiger charge is 2.11. The number of nitrogens with zero attached hydrogens (tertiary/aromatic N) is 1. The first-order chi connectivity index (χ1) is 13.6. The zero-order valence-corrected chi connectivity index (χ0v) is 16.1. The highest BCUT2D eigenvalue weighted by atomic mass is 16.5. The number of benzene rings is 2. The molecule has 0 saturated carbocycles. The SMILES string of the molecule is CCOc1ccc(/C=C/c2nc3cc(OC)c(OC)cc3c(=O)o2)cc1OC. The van der Waals surface area contributed by atoms with E-state index in [2.05, 4.69) is 4.98 Å². The van der Waals surface area contributed by atoms with E-state index in [4.69, 9.17) is 23.4 Å².